The highest BCUT2D eigenvalue weighted by Crippen LogP contribution is 2.18. The molecule has 1 aromatic rings. The zero-order chi connectivity index (χ0) is 14.1. The Morgan fingerprint density at radius 1 is 1.37 bits per heavy atom. The van der Waals surface area contributed by atoms with E-state index in [2.05, 4.69) is 17.4 Å². The number of aliphatic hydroxyl groups excluding tert-OH is 1. The Labute approximate surface area is 119 Å². The fourth-order valence-electron chi connectivity index (χ4n) is 1.59. The number of anilines is 1. The zero-order valence-corrected chi connectivity index (χ0v) is 12.6. The molecule has 0 saturated heterocycles. The van der Waals surface area contributed by atoms with Gasteiger partial charge in [-0.15, -0.1) is 11.8 Å². The molecular formula is C14H23NO3S. The van der Waals surface area contributed by atoms with Crippen molar-refractivity contribution >= 4 is 17.4 Å². The van der Waals surface area contributed by atoms with Crippen molar-refractivity contribution in [1.29, 1.82) is 0 Å². The van der Waals surface area contributed by atoms with Crippen LogP contribution in [-0.2, 0) is 9.47 Å². The van der Waals surface area contributed by atoms with Gasteiger partial charge in [-0.25, -0.2) is 0 Å². The first kappa shape index (κ1) is 16.3. The lowest BCUT2D eigenvalue weighted by molar-refractivity contribution is -0.0282. The highest BCUT2D eigenvalue weighted by atomic mass is 32.2. The fourth-order valence-corrected chi connectivity index (χ4v) is 2.05. The second-order valence-corrected chi connectivity index (χ2v) is 5.25. The third kappa shape index (κ3) is 6.82. The first-order valence-corrected chi connectivity index (χ1v) is 7.54. The molecule has 0 aliphatic heterocycles. The average Bonchev–Trinajstić information content (AvgIpc) is 2.43. The van der Waals surface area contributed by atoms with Crippen LogP contribution in [0.2, 0.25) is 0 Å². The summed E-state index contributed by atoms with van der Waals surface area (Å²) < 4.78 is 10.4. The quantitative estimate of drug-likeness (QED) is 0.681. The Morgan fingerprint density at radius 2 is 2.16 bits per heavy atom. The normalized spacial score (nSPS) is 14.1. The molecule has 1 rings (SSSR count). The number of ether oxygens (including phenoxy) is 2. The lowest BCUT2D eigenvalue weighted by atomic mass is 10.3. The molecule has 0 fully saturated rings. The minimum absolute atomic E-state index is 0.000491. The van der Waals surface area contributed by atoms with Gasteiger partial charge in [0.15, 0.2) is 0 Å². The van der Waals surface area contributed by atoms with Crippen molar-refractivity contribution in [2.24, 2.45) is 0 Å². The molecule has 0 aliphatic rings. The Hall–Kier alpha value is -0.750. The Kier molecular flexibility index (Phi) is 7.90. The summed E-state index contributed by atoms with van der Waals surface area (Å²) in [7, 11) is 1.64. The molecule has 19 heavy (non-hydrogen) atoms. The predicted molar refractivity (Wildman–Crippen MR) is 80.0 cm³/mol. The summed E-state index contributed by atoms with van der Waals surface area (Å²) in [5, 5.41) is 13.0. The maximum atomic E-state index is 9.82. The number of rotatable bonds is 9. The second-order valence-electron chi connectivity index (χ2n) is 4.37. The van der Waals surface area contributed by atoms with E-state index in [4.69, 9.17) is 9.47 Å². The van der Waals surface area contributed by atoms with Crippen molar-refractivity contribution in [2.45, 2.75) is 24.0 Å². The molecule has 4 nitrogen and oxygen atoms in total. The third-order valence-electron chi connectivity index (χ3n) is 2.59. The summed E-state index contributed by atoms with van der Waals surface area (Å²) in [5.74, 6) is 0. The Morgan fingerprint density at radius 3 is 2.84 bits per heavy atom. The van der Waals surface area contributed by atoms with Crippen LogP contribution < -0.4 is 5.32 Å². The van der Waals surface area contributed by atoms with E-state index in [1.807, 2.05) is 25.3 Å². The smallest absolute Gasteiger partial charge is 0.0945 e. The second kappa shape index (κ2) is 9.20. The summed E-state index contributed by atoms with van der Waals surface area (Å²) in [6.07, 6.45) is 1.51. The minimum Gasteiger partial charge on any atom is -0.389 e. The molecule has 0 amide bonds. The molecule has 5 heteroatoms. The zero-order valence-electron chi connectivity index (χ0n) is 11.8. The van der Waals surface area contributed by atoms with Gasteiger partial charge in [0.05, 0.1) is 25.4 Å². The van der Waals surface area contributed by atoms with Gasteiger partial charge in [-0.2, -0.15) is 0 Å². The number of aliphatic hydroxyl groups is 1. The number of methoxy groups -OCH3 is 1. The maximum Gasteiger partial charge on any atom is 0.0945 e. The summed E-state index contributed by atoms with van der Waals surface area (Å²) in [5.41, 5.74) is 1.01. The molecule has 0 spiro atoms. The number of nitrogens with one attached hydrogen (secondary N) is 1. The van der Waals surface area contributed by atoms with Crippen molar-refractivity contribution in [2.75, 3.05) is 38.4 Å². The van der Waals surface area contributed by atoms with Gasteiger partial charge in [-0.1, -0.05) is 6.07 Å². The number of hydrogen-bond acceptors (Lipinski definition) is 5. The molecule has 0 aromatic heterocycles. The summed E-state index contributed by atoms with van der Waals surface area (Å²) >= 11 is 1.70. The number of hydrogen-bond donors (Lipinski definition) is 2. The van der Waals surface area contributed by atoms with E-state index in [1.165, 1.54) is 4.90 Å². The van der Waals surface area contributed by atoms with Crippen LogP contribution >= 0.6 is 11.8 Å². The predicted octanol–water partition coefficient (Wildman–Crippen LogP) is 2.23. The largest absolute Gasteiger partial charge is 0.389 e. The molecule has 108 valence electrons. The van der Waals surface area contributed by atoms with Crippen LogP contribution in [-0.4, -0.2) is 50.4 Å². The molecule has 0 bridgehead atoms. The van der Waals surface area contributed by atoms with Crippen molar-refractivity contribution in [3.05, 3.63) is 24.3 Å². The molecule has 0 radical (unpaired) electrons. The first-order valence-electron chi connectivity index (χ1n) is 6.32. The standard InChI is InChI=1S/C14H23NO3S/c1-11(9-17-2)18-10-13(16)8-15-12-5-4-6-14(7-12)19-3/h4-7,11,13,15-16H,8-10H2,1-3H3. The van der Waals surface area contributed by atoms with Gasteiger partial charge < -0.3 is 19.9 Å². The van der Waals surface area contributed by atoms with Crippen molar-refractivity contribution < 1.29 is 14.6 Å². The SMILES string of the molecule is COCC(C)OCC(O)CNc1cccc(SC)c1. The van der Waals surface area contributed by atoms with Crippen LogP contribution in [0.1, 0.15) is 6.92 Å². The lowest BCUT2D eigenvalue weighted by Crippen LogP contribution is -2.28. The fraction of sp³-hybridized carbons (Fsp3) is 0.571. The van der Waals surface area contributed by atoms with Crippen LogP contribution in [0.25, 0.3) is 0 Å². The van der Waals surface area contributed by atoms with Crippen molar-refractivity contribution in [1.82, 2.24) is 0 Å². The Balaban J connectivity index is 2.27. The molecule has 0 aliphatic carbocycles. The van der Waals surface area contributed by atoms with E-state index in [1.54, 1.807) is 18.9 Å². The van der Waals surface area contributed by atoms with Crippen molar-refractivity contribution in [3.8, 4) is 0 Å². The number of benzene rings is 1. The molecular weight excluding hydrogens is 262 g/mol. The molecule has 2 atom stereocenters. The topological polar surface area (TPSA) is 50.7 Å². The minimum atomic E-state index is -0.530. The van der Waals surface area contributed by atoms with E-state index in [0.29, 0.717) is 19.8 Å². The van der Waals surface area contributed by atoms with Gasteiger partial charge in [-0.3, -0.25) is 0 Å². The molecule has 0 heterocycles. The first-order chi connectivity index (χ1) is 9.15. The van der Waals surface area contributed by atoms with E-state index < -0.39 is 6.10 Å². The van der Waals surface area contributed by atoms with Gasteiger partial charge in [0.25, 0.3) is 0 Å². The summed E-state index contributed by atoms with van der Waals surface area (Å²) in [4.78, 5) is 1.20. The van der Waals surface area contributed by atoms with Crippen molar-refractivity contribution in [3.63, 3.8) is 0 Å². The summed E-state index contributed by atoms with van der Waals surface area (Å²) in [6.45, 7) is 3.23. The molecule has 0 saturated carbocycles. The van der Waals surface area contributed by atoms with Crippen LogP contribution in [0, 0.1) is 0 Å². The van der Waals surface area contributed by atoms with Gasteiger partial charge in [-0.05, 0) is 31.4 Å². The van der Waals surface area contributed by atoms with E-state index >= 15 is 0 Å². The maximum absolute atomic E-state index is 9.82. The van der Waals surface area contributed by atoms with Crippen LogP contribution in [0.5, 0.6) is 0 Å². The third-order valence-corrected chi connectivity index (χ3v) is 3.31. The highest BCUT2D eigenvalue weighted by molar-refractivity contribution is 7.98. The lowest BCUT2D eigenvalue weighted by Gasteiger charge is -2.17. The molecule has 1 aromatic carbocycles. The monoisotopic (exact) mass is 285 g/mol. The van der Waals surface area contributed by atoms with E-state index in [-0.39, 0.29) is 6.10 Å². The molecule has 2 N–H and O–H groups in total. The van der Waals surface area contributed by atoms with E-state index in [0.717, 1.165) is 5.69 Å². The molecule has 2 unspecified atom stereocenters. The average molecular weight is 285 g/mol. The van der Waals surface area contributed by atoms with Crippen LogP contribution in [0.3, 0.4) is 0 Å². The van der Waals surface area contributed by atoms with Crippen LogP contribution in [0.4, 0.5) is 5.69 Å². The van der Waals surface area contributed by atoms with E-state index in [9.17, 15) is 5.11 Å². The number of thioether (sulfide) groups is 1. The Bertz CT molecular complexity index is 362. The van der Waals surface area contributed by atoms with Gasteiger partial charge in [0.2, 0.25) is 0 Å². The highest BCUT2D eigenvalue weighted by Gasteiger charge is 2.08. The summed E-state index contributed by atoms with van der Waals surface area (Å²) in [6, 6.07) is 8.10. The van der Waals surface area contributed by atoms with Gasteiger partial charge in [0.1, 0.15) is 0 Å². The van der Waals surface area contributed by atoms with Crippen LogP contribution in [0.15, 0.2) is 29.2 Å². The van der Waals surface area contributed by atoms with Gasteiger partial charge >= 0.3 is 0 Å². The van der Waals surface area contributed by atoms with Gasteiger partial charge in [0, 0.05) is 24.2 Å².